The minimum Gasteiger partial charge on any atom is -0.309 e. The number of para-hydroxylation sites is 3. The van der Waals surface area contributed by atoms with Gasteiger partial charge in [-0.1, -0.05) is 127 Å². The number of benzene rings is 7. The van der Waals surface area contributed by atoms with Gasteiger partial charge in [-0.2, -0.15) is 0 Å². The number of hydrogen-bond acceptors (Lipinski definition) is 2. The molecule has 0 aliphatic rings. The van der Waals surface area contributed by atoms with E-state index in [-0.39, 0.29) is 0 Å². The molecule has 3 heterocycles. The predicted molar refractivity (Wildman–Crippen MR) is 207 cm³/mol. The van der Waals surface area contributed by atoms with E-state index in [4.69, 9.17) is 9.97 Å². The van der Waals surface area contributed by atoms with E-state index >= 15 is 0 Å². The highest BCUT2D eigenvalue weighted by Crippen LogP contribution is 2.40. The Kier molecular flexibility index (Phi) is 6.46. The summed E-state index contributed by atoms with van der Waals surface area (Å²) in [4.78, 5) is 10.3. The third-order valence-corrected chi connectivity index (χ3v) is 9.71. The molecule has 0 radical (unpaired) electrons. The third kappa shape index (κ3) is 4.54. The molecular formula is C46H30N4. The van der Waals surface area contributed by atoms with Crippen LogP contribution in [0.1, 0.15) is 0 Å². The lowest BCUT2D eigenvalue weighted by Gasteiger charge is -2.12. The van der Waals surface area contributed by atoms with Crippen molar-refractivity contribution in [1.29, 1.82) is 0 Å². The summed E-state index contributed by atoms with van der Waals surface area (Å²) in [5.41, 5.74) is 11.8. The van der Waals surface area contributed by atoms with Crippen molar-refractivity contribution in [1.82, 2.24) is 19.1 Å². The summed E-state index contributed by atoms with van der Waals surface area (Å²) in [6.07, 6.45) is 0. The highest BCUT2D eigenvalue weighted by Gasteiger charge is 2.19. The van der Waals surface area contributed by atoms with Crippen LogP contribution in [-0.2, 0) is 0 Å². The number of rotatable bonds is 5. The topological polar surface area (TPSA) is 35.6 Å². The van der Waals surface area contributed by atoms with Gasteiger partial charge in [-0.05, 0) is 54.6 Å². The summed E-state index contributed by atoms with van der Waals surface area (Å²) in [5.74, 6) is 0.694. The molecule has 0 fully saturated rings. The summed E-state index contributed by atoms with van der Waals surface area (Å²) in [7, 11) is 0. The van der Waals surface area contributed by atoms with E-state index in [0.717, 1.165) is 50.5 Å². The third-order valence-electron chi connectivity index (χ3n) is 9.71. The van der Waals surface area contributed by atoms with E-state index in [0.29, 0.717) is 5.82 Å². The Morgan fingerprint density at radius 2 is 0.760 bits per heavy atom. The minimum absolute atomic E-state index is 0.694. The number of nitrogens with zero attached hydrogens (tertiary/aromatic N) is 4. The van der Waals surface area contributed by atoms with Gasteiger partial charge in [0.25, 0.3) is 0 Å². The van der Waals surface area contributed by atoms with Crippen molar-refractivity contribution >= 4 is 43.6 Å². The van der Waals surface area contributed by atoms with Gasteiger partial charge in [0.2, 0.25) is 0 Å². The first-order valence-electron chi connectivity index (χ1n) is 16.9. The van der Waals surface area contributed by atoms with Crippen molar-refractivity contribution < 1.29 is 0 Å². The van der Waals surface area contributed by atoms with Gasteiger partial charge in [-0.3, -0.25) is 0 Å². The fraction of sp³-hybridized carbons (Fsp3) is 0. The molecule has 10 rings (SSSR count). The van der Waals surface area contributed by atoms with Crippen LogP contribution in [0.2, 0.25) is 0 Å². The Labute approximate surface area is 289 Å². The molecule has 3 aromatic heterocycles. The van der Waals surface area contributed by atoms with Gasteiger partial charge in [0.15, 0.2) is 5.82 Å². The quantitative estimate of drug-likeness (QED) is 0.188. The summed E-state index contributed by atoms with van der Waals surface area (Å²) in [6, 6.07) is 64.2. The van der Waals surface area contributed by atoms with Crippen LogP contribution in [0.25, 0.3) is 88.9 Å². The van der Waals surface area contributed by atoms with E-state index in [1.807, 2.05) is 12.1 Å². The lowest BCUT2D eigenvalue weighted by Crippen LogP contribution is -1.98. The molecule has 0 amide bonds. The van der Waals surface area contributed by atoms with Crippen LogP contribution in [0.4, 0.5) is 0 Å². The highest BCUT2D eigenvalue weighted by atomic mass is 15.0. The molecule has 0 bridgehead atoms. The Bertz CT molecular complexity index is 2790. The molecule has 0 N–H and O–H groups in total. The minimum atomic E-state index is 0.694. The Morgan fingerprint density at radius 1 is 0.300 bits per heavy atom. The standard InChI is InChI=1S/C46H30N4/c1-4-15-31(16-5-1)40-29-41(32-17-6-2-7-18-32)48-46(47-40)33-19-14-22-35(27-33)50-43-26-13-11-24-37(43)39-28-38-36-23-10-12-25-42(36)49(44(38)30-45(39)50)34-20-8-3-9-21-34/h1-30H. The molecule has 0 atom stereocenters. The van der Waals surface area contributed by atoms with Crippen LogP contribution in [-0.4, -0.2) is 19.1 Å². The average molecular weight is 639 g/mol. The van der Waals surface area contributed by atoms with Crippen LogP contribution in [0.3, 0.4) is 0 Å². The maximum Gasteiger partial charge on any atom is 0.160 e. The first-order valence-corrected chi connectivity index (χ1v) is 16.9. The highest BCUT2D eigenvalue weighted by molar-refractivity contribution is 6.19. The van der Waals surface area contributed by atoms with Crippen LogP contribution >= 0.6 is 0 Å². The zero-order chi connectivity index (χ0) is 33.0. The molecule has 234 valence electrons. The van der Waals surface area contributed by atoms with Crippen molar-refractivity contribution in [2.24, 2.45) is 0 Å². The van der Waals surface area contributed by atoms with Gasteiger partial charge in [0.05, 0.1) is 33.5 Å². The molecular weight excluding hydrogens is 609 g/mol. The monoisotopic (exact) mass is 638 g/mol. The second kappa shape index (κ2) is 11.4. The molecule has 10 aromatic rings. The van der Waals surface area contributed by atoms with Crippen molar-refractivity contribution in [2.75, 3.05) is 0 Å². The maximum absolute atomic E-state index is 5.13. The van der Waals surface area contributed by atoms with E-state index in [9.17, 15) is 0 Å². The zero-order valence-corrected chi connectivity index (χ0v) is 27.1. The molecule has 0 spiro atoms. The van der Waals surface area contributed by atoms with Crippen molar-refractivity contribution in [2.45, 2.75) is 0 Å². The van der Waals surface area contributed by atoms with Gasteiger partial charge < -0.3 is 9.13 Å². The van der Waals surface area contributed by atoms with Gasteiger partial charge in [-0.15, -0.1) is 0 Å². The fourth-order valence-corrected chi connectivity index (χ4v) is 7.44. The van der Waals surface area contributed by atoms with Crippen molar-refractivity contribution in [3.63, 3.8) is 0 Å². The molecule has 0 unspecified atom stereocenters. The predicted octanol–water partition coefficient (Wildman–Crippen LogP) is 11.7. The molecule has 4 heteroatoms. The molecule has 0 saturated carbocycles. The zero-order valence-electron chi connectivity index (χ0n) is 27.1. The van der Waals surface area contributed by atoms with E-state index in [2.05, 4.69) is 179 Å². The van der Waals surface area contributed by atoms with Crippen LogP contribution in [0.5, 0.6) is 0 Å². The number of aromatic nitrogens is 4. The largest absolute Gasteiger partial charge is 0.309 e. The lowest BCUT2D eigenvalue weighted by atomic mass is 10.1. The molecule has 4 nitrogen and oxygen atoms in total. The number of fused-ring (bicyclic) bond motifs is 6. The normalized spacial score (nSPS) is 11.6. The molecule has 0 saturated heterocycles. The van der Waals surface area contributed by atoms with Crippen LogP contribution in [0.15, 0.2) is 182 Å². The smallest absolute Gasteiger partial charge is 0.160 e. The Hall–Kier alpha value is -6.78. The Morgan fingerprint density at radius 3 is 1.34 bits per heavy atom. The Balaban J connectivity index is 1.22. The molecule has 0 aliphatic carbocycles. The molecule has 50 heavy (non-hydrogen) atoms. The van der Waals surface area contributed by atoms with Gasteiger partial charge in [0.1, 0.15) is 0 Å². The molecule has 7 aromatic carbocycles. The van der Waals surface area contributed by atoms with E-state index in [1.54, 1.807) is 0 Å². The SMILES string of the molecule is c1ccc(-c2cc(-c3ccccc3)nc(-c3cccc(-n4c5ccccc5c5cc6c7ccccc7n(-c7ccccc7)c6cc54)c3)n2)cc1. The maximum atomic E-state index is 5.13. The van der Waals surface area contributed by atoms with Crippen molar-refractivity contribution in [3.05, 3.63) is 182 Å². The summed E-state index contributed by atoms with van der Waals surface area (Å²) < 4.78 is 4.77. The summed E-state index contributed by atoms with van der Waals surface area (Å²) in [6.45, 7) is 0. The average Bonchev–Trinajstić information content (AvgIpc) is 3.70. The first kappa shape index (κ1) is 28.3. The van der Waals surface area contributed by atoms with Gasteiger partial charge in [-0.25, -0.2) is 9.97 Å². The van der Waals surface area contributed by atoms with Crippen LogP contribution in [0, 0.1) is 0 Å². The van der Waals surface area contributed by atoms with Crippen molar-refractivity contribution in [3.8, 4) is 45.3 Å². The fourth-order valence-electron chi connectivity index (χ4n) is 7.44. The second-order valence-electron chi connectivity index (χ2n) is 12.7. The lowest BCUT2D eigenvalue weighted by molar-refractivity contribution is 1.15. The van der Waals surface area contributed by atoms with E-state index in [1.165, 1.54) is 32.6 Å². The first-order chi connectivity index (χ1) is 24.8. The number of hydrogen-bond donors (Lipinski definition) is 0. The molecule has 0 aliphatic heterocycles. The second-order valence-corrected chi connectivity index (χ2v) is 12.7. The summed E-state index contributed by atoms with van der Waals surface area (Å²) in [5, 5.41) is 4.94. The van der Waals surface area contributed by atoms with Gasteiger partial charge in [0, 0.05) is 49.6 Å². The van der Waals surface area contributed by atoms with Crippen LogP contribution < -0.4 is 0 Å². The van der Waals surface area contributed by atoms with E-state index < -0.39 is 0 Å². The summed E-state index contributed by atoms with van der Waals surface area (Å²) >= 11 is 0. The van der Waals surface area contributed by atoms with Gasteiger partial charge >= 0.3 is 0 Å².